The van der Waals surface area contributed by atoms with Gasteiger partial charge in [-0.3, -0.25) is 14.4 Å². The van der Waals surface area contributed by atoms with E-state index in [1.807, 2.05) is 0 Å². The van der Waals surface area contributed by atoms with E-state index in [-0.39, 0.29) is 5.92 Å². The molecule has 0 aromatic rings. The van der Waals surface area contributed by atoms with Gasteiger partial charge in [-0.2, -0.15) is 0 Å². The van der Waals surface area contributed by atoms with E-state index < -0.39 is 42.1 Å². The highest BCUT2D eigenvalue weighted by molar-refractivity contribution is 5.74. The maximum atomic E-state index is 10.0. The summed E-state index contributed by atoms with van der Waals surface area (Å²) >= 11 is 0. The second kappa shape index (κ2) is 13.0. The zero-order chi connectivity index (χ0) is 18.6. The second-order valence-corrected chi connectivity index (χ2v) is 4.84. The average Bonchev–Trinajstić information content (AvgIpc) is 2.37. The number of aliphatic carboxylic acids is 3. The van der Waals surface area contributed by atoms with Gasteiger partial charge in [-0.15, -0.1) is 0 Å². The lowest BCUT2D eigenvalue weighted by atomic mass is 10.1. The van der Waals surface area contributed by atoms with Crippen molar-refractivity contribution in [1.29, 1.82) is 0 Å². The molecule has 10 nitrogen and oxygen atoms in total. The third kappa shape index (κ3) is 16.3. The van der Waals surface area contributed by atoms with Crippen LogP contribution in [0.2, 0.25) is 0 Å². The van der Waals surface area contributed by atoms with E-state index in [4.69, 9.17) is 37.6 Å². The van der Waals surface area contributed by atoms with Gasteiger partial charge in [0.1, 0.15) is 18.1 Å². The smallest absolute Gasteiger partial charge is 0.323 e. The summed E-state index contributed by atoms with van der Waals surface area (Å²) in [4.78, 5) is 29.4. The Kier molecular flexibility index (Phi) is 14.8. The summed E-state index contributed by atoms with van der Waals surface area (Å²) in [5.41, 5.74) is 14.9. The zero-order valence-corrected chi connectivity index (χ0v) is 13.1. The van der Waals surface area contributed by atoms with E-state index in [1.54, 1.807) is 13.8 Å². The Balaban J connectivity index is -0.000000249. The number of hydrogen-bond acceptors (Lipinski definition) is 7. The molecule has 0 saturated carbocycles. The fraction of sp³-hybridized carbons (Fsp3) is 0.750. The van der Waals surface area contributed by atoms with Crippen LogP contribution in [0.1, 0.15) is 27.7 Å². The van der Waals surface area contributed by atoms with Crippen LogP contribution in [-0.2, 0) is 14.4 Å². The fourth-order valence-electron chi connectivity index (χ4n) is 0.491. The van der Waals surface area contributed by atoms with Gasteiger partial charge in [-0.25, -0.2) is 0 Å². The van der Waals surface area contributed by atoms with Crippen molar-refractivity contribution in [2.45, 2.75) is 51.9 Å². The van der Waals surface area contributed by atoms with Crippen molar-refractivity contribution >= 4 is 17.9 Å². The third-order valence-electron chi connectivity index (χ3n) is 2.20. The van der Waals surface area contributed by atoms with Gasteiger partial charge in [0.2, 0.25) is 0 Å². The molecule has 0 unspecified atom stereocenters. The zero-order valence-electron chi connectivity index (χ0n) is 13.1. The minimum absolute atomic E-state index is 0.0208. The summed E-state index contributed by atoms with van der Waals surface area (Å²) in [6, 6.07) is -2.60. The molecule has 0 aliphatic rings. The number of rotatable bonds is 5. The Bertz CT molecular complexity index is 322. The van der Waals surface area contributed by atoms with Crippen LogP contribution in [0, 0.1) is 5.92 Å². The van der Waals surface area contributed by atoms with Gasteiger partial charge in [0.15, 0.2) is 0 Å². The van der Waals surface area contributed by atoms with E-state index in [1.165, 1.54) is 13.8 Å². The first-order chi connectivity index (χ1) is 9.75. The molecule has 0 aromatic carbocycles. The largest absolute Gasteiger partial charge is 0.480 e. The first-order valence-electron chi connectivity index (χ1n) is 6.38. The third-order valence-corrected chi connectivity index (χ3v) is 2.20. The molecule has 0 radical (unpaired) electrons. The molecule has 22 heavy (non-hydrogen) atoms. The van der Waals surface area contributed by atoms with E-state index in [0.717, 1.165) is 0 Å². The summed E-state index contributed by atoms with van der Waals surface area (Å²) in [6.45, 7) is 6.30. The van der Waals surface area contributed by atoms with Crippen LogP contribution >= 0.6 is 0 Å². The first-order valence-corrected chi connectivity index (χ1v) is 6.38. The van der Waals surface area contributed by atoms with Crippen molar-refractivity contribution in [1.82, 2.24) is 0 Å². The lowest BCUT2D eigenvalue weighted by molar-refractivity contribution is -0.141. The number of carboxylic acids is 3. The molecule has 0 aliphatic carbocycles. The lowest BCUT2D eigenvalue weighted by Crippen LogP contribution is -2.39. The topological polar surface area (TPSA) is 210 Å². The summed E-state index contributed by atoms with van der Waals surface area (Å²) < 4.78 is 0. The Labute approximate surface area is 128 Å². The van der Waals surface area contributed by atoms with Gasteiger partial charge in [-0.1, -0.05) is 13.8 Å². The van der Waals surface area contributed by atoms with Crippen molar-refractivity contribution in [3.05, 3.63) is 0 Å². The Morgan fingerprint density at radius 3 is 1.00 bits per heavy atom. The average molecular weight is 325 g/mol. The van der Waals surface area contributed by atoms with Gasteiger partial charge in [-0.05, 0) is 19.8 Å². The summed E-state index contributed by atoms with van der Waals surface area (Å²) in [7, 11) is 0. The molecular weight excluding hydrogens is 298 g/mol. The van der Waals surface area contributed by atoms with Crippen LogP contribution < -0.4 is 17.2 Å². The van der Waals surface area contributed by atoms with Crippen LogP contribution in [0.5, 0.6) is 0 Å². The van der Waals surface area contributed by atoms with E-state index in [0.29, 0.717) is 0 Å². The van der Waals surface area contributed by atoms with Gasteiger partial charge < -0.3 is 37.6 Å². The number of carbonyl (C=O) groups is 3. The first kappa shape index (κ1) is 25.2. The SMILES string of the molecule is CC(C)[C@H](N)C(=O)O.C[C@@H](O)[C@H](N)C(=O)O.C[C@H](N)C(=O)O. The standard InChI is InChI=1S/C5H11NO2.C4H9NO3.C3H7NO2/c1-3(2)4(6)5(7)8;1-2(6)3(5)4(7)8;1-2(4)3(5)6/h3-4H,6H2,1-2H3,(H,7,8);2-3,6H,5H2,1H3,(H,7,8);2H,4H2,1H3,(H,5,6)/t4-;2-,3+;2-/m010/s1. The summed E-state index contributed by atoms with van der Waals surface area (Å²) in [5.74, 6) is -3.05. The van der Waals surface area contributed by atoms with Crippen LogP contribution in [0.3, 0.4) is 0 Å². The van der Waals surface area contributed by atoms with E-state index in [2.05, 4.69) is 0 Å². The Hall–Kier alpha value is -1.75. The van der Waals surface area contributed by atoms with Crippen molar-refractivity contribution in [3.63, 3.8) is 0 Å². The Morgan fingerprint density at radius 1 is 0.727 bits per heavy atom. The number of aliphatic hydroxyl groups excluding tert-OH is 1. The fourth-order valence-corrected chi connectivity index (χ4v) is 0.491. The minimum Gasteiger partial charge on any atom is -0.480 e. The van der Waals surface area contributed by atoms with Gasteiger partial charge in [0, 0.05) is 0 Å². The second-order valence-electron chi connectivity index (χ2n) is 4.84. The van der Waals surface area contributed by atoms with Crippen molar-refractivity contribution < 1.29 is 34.8 Å². The molecule has 10 N–H and O–H groups in total. The Morgan fingerprint density at radius 2 is 1.00 bits per heavy atom. The van der Waals surface area contributed by atoms with Gasteiger partial charge in [0.25, 0.3) is 0 Å². The molecule has 0 bridgehead atoms. The van der Waals surface area contributed by atoms with Crippen LogP contribution in [0.4, 0.5) is 0 Å². The highest BCUT2D eigenvalue weighted by Gasteiger charge is 2.16. The molecule has 0 aliphatic heterocycles. The number of aliphatic hydroxyl groups is 1. The molecule has 4 atom stereocenters. The van der Waals surface area contributed by atoms with Gasteiger partial charge in [0.05, 0.1) is 6.10 Å². The molecule has 0 amide bonds. The highest BCUT2D eigenvalue weighted by atomic mass is 16.4. The molecule has 0 aromatic heterocycles. The van der Waals surface area contributed by atoms with Crippen LogP contribution in [0.25, 0.3) is 0 Å². The van der Waals surface area contributed by atoms with E-state index in [9.17, 15) is 14.4 Å². The maximum Gasteiger partial charge on any atom is 0.323 e. The monoisotopic (exact) mass is 325 g/mol. The molecule has 0 heterocycles. The number of nitrogens with two attached hydrogens (primary N) is 3. The highest BCUT2D eigenvalue weighted by Crippen LogP contribution is 1.96. The normalized spacial score (nSPS) is 15.1. The summed E-state index contributed by atoms with van der Waals surface area (Å²) in [5, 5.41) is 32.6. The molecule has 132 valence electrons. The molecule has 0 saturated heterocycles. The van der Waals surface area contributed by atoms with Crippen molar-refractivity contribution in [2.24, 2.45) is 23.1 Å². The van der Waals surface area contributed by atoms with Crippen molar-refractivity contribution in [3.8, 4) is 0 Å². The predicted molar refractivity (Wildman–Crippen MR) is 79.0 cm³/mol. The maximum absolute atomic E-state index is 10.0. The van der Waals surface area contributed by atoms with Crippen LogP contribution in [-0.4, -0.2) is 62.6 Å². The quantitative estimate of drug-likeness (QED) is 0.303. The summed E-state index contributed by atoms with van der Waals surface area (Å²) in [6.07, 6.45) is -0.979. The van der Waals surface area contributed by atoms with Gasteiger partial charge >= 0.3 is 17.9 Å². The van der Waals surface area contributed by atoms with Crippen molar-refractivity contribution in [2.75, 3.05) is 0 Å². The lowest BCUT2D eigenvalue weighted by Gasteiger charge is -2.07. The minimum atomic E-state index is -1.18. The van der Waals surface area contributed by atoms with E-state index >= 15 is 0 Å². The molecular formula is C12H27N3O7. The predicted octanol–water partition coefficient (Wildman–Crippen LogP) is -1.75. The molecule has 0 spiro atoms. The number of hydrogen-bond donors (Lipinski definition) is 7. The molecule has 10 heteroatoms. The molecule has 0 fully saturated rings. The number of carboxylic acid groups (broad SMARTS) is 3. The molecule has 0 rings (SSSR count). The van der Waals surface area contributed by atoms with Crippen LogP contribution in [0.15, 0.2) is 0 Å².